The molecule has 2 aromatic rings. The number of aliphatic imine (C=N–C) groups is 1. The highest BCUT2D eigenvalue weighted by molar-refractivity contribution is 5.99. The van der Waals surface area contributed by atoms with Crippen molar-refractivity contribution in [3.8, 4) is 0 Å². The van der Waals surface area contributed by atoms with Crippen LogP contribution in [0.1, 0.15) is 106 Å². The second-order valence-corrected chi connectivity index (χ2v) is 10.0. The van der Waals surface area contributed by atoms with Crippen molar-refractivity contribution in [1.82, 2.24) is 0 Å². The van der Waals surface area contributed by atoms with E-state index in [4.69, 9.17) is 4.99 Å². The first-order valence-electron chi connectivity index (χ1n) is 13.6. The fourth-order valence-corrected chi connectivity index (χ4v) is 4.96. The van der Waals surface area contributed by atoms with Crippen molar-refractivity contribution in [3.63, 3.8) is 0 Å². The number of aliphatic hydroxyl groups is 1. The number of nitrogens with zero attached hydrogens (tertiary/aromatic N) is 1. The van der Waals surface area contributed by atoms with Gasteiger partial charge in [-0.25, -0.2) is 0 Å². The lowest BCUT2D eigenvalue weighted by atomic mass is 9.87. The zero-order valence-corrected chi connectivity index (χ0v) is 22.9. The number of aryl methyl sites for hydroxylation is 3. The number of hydrogen-bond donors (Lipinski definition) is 1. The van der Waals surface area contributed by atoms with Gasteiger partial charge in [0.2, 0.25) is 0 Å². The molecule has 35 heavy (non-hydrogen) atoms. The van der Waals surface area contributed by atoms with Crippen LogP contribution in [-0.2, 0) is 6.42 Å². The lowest BCUT2D eigenvalue weighted by molar-refractivity contribution is 0.358. The van der Waals surface area contributed by atoms with Gasteiger partial charge in [0, 0.05) is 17.0 Å². The van der Waals surface area contributed by atoms with Crippen LogP contribution in [0.4, 0.5) is 0 Å². The molecule has 1 aliphatic rings. The Morgan fingerprint density at radius 3 is 2.17 bits per heavy atom. The van der Waals surface area contributed by atoms with Crippen molar-refractivity contribution in [2.75, 3.05) is 0 Å². The molecule has 3 rings (SSSR count). The van der Waals surface area contributed by atoms with E-state index in [1.807, 2.05) is 25.1 Å². The Hall–Kier alpha value is -2.61. The van der Waals surface area contributed by atoms with Gasteiger partial charge >= 0.3 is 0 Å². The normalized spacial score (nSPS) is 15.6. The third kappa shape index (κ3) is 9.88. The standard InChI is InChI=1S/C22H33N.C11H14O/c1-4-22(17-14-20-10-8-6-5-7-9-11-20)23-19(3)21-15-12-18(2)13-16-21;1-4-10-7-5-6-8(2)11(10)9(3)12/h4,12-13,15-16,20H,5-11,14,17H2,1-3H3;5-7,12H,3-4H2,1-2H3/b22-4-,23-19?;. The molecule has 0 unspecified atom stereocenters. The van der Waals surface area contributed by atoms with Gasteiger partial charge in [-0.15, -0.1) is 0 Å². The van der Waals surface area contributed by atoms with Crippen LogP contribution >= 0.6 is 0 Å². The Bertz CT molecular complexity index is 973. The summed E-state index contributed by atoms with van der Waals surface area (Å²) in [7, 11) is 0. The predicted octanol–water partition coefficient (Wildman–Crippen LogP) is 9.93. The first-order chi connectivity index (χ1) is 16.8. The summed E-state index contributed by atoms with van der Waals surface area (Å²) in [5, 5.41) is 9.32. The number of rotatable bonds is 7. The Morgan fingerprint density at radius 2 is 1.63 bits per heavy atom. The highest BCUT2D eigenvalue weighted by Gasteiger charge is 2.12. The van der Waals surface area contributed by atoms with E-state index in [0.717, 1.165) is 41.2 Å². The third-order valence-corrected chi connectivity index (χ3v) is 7.18. The van der Waals surface area contributed by atoms with Crippen LogP contribution in [0.2, 0.25) is 0 Å². The molecule has 1 saturated carbocycles. The van der Waals surface area contributed by atoms with Crippen LogP contribution in [0.15, 0.2) is 65.8 Å². The largest absolute Gasteiger partial charge is 0.508 e. The van der Waals surface area contributed by atoms with Crippen molar-refractivity contribution >= 4 is 11.5 Å². The first-order valence-corrected chi connectivity index (χ1v) is 13.6. The number of benzene rings is 2. The van der Waals surface area contributed by atoms with E-state index in [1.54, 1.807) is 0 Å². The molecule has 0 aliphatic heterocycles. The quantitative estimate of drug-likeness (QED) is 0.315. The van der Waals surface area contributed by atoms with Crippen LogP contribution in [0, 0.1) is 19.8 Å². The molecule has 2 nitrogen and oxygen atoms in total. The molecule has 1 aliphatic carbocycles. The number of allylic oxidation sites excluding steroid dienone is 2. The Balaban J connectivity index is 0.000000303. The van der Waals surface area contributed by atoms with Gasteiger partial charge in [0.25, 0.3) is 0 Å². The molecular formula is C33H47NO. The maximum Gasteiger partial charge on any atom is 0.116 e. The van der Waals surface area contributed by atoms with E-state index in [0.29, 0.717) is 0 Å². The Morgan fingerprint density at radius 1 is 1.00 bits per heavy atom. The average Bonchev–Trinajstić information content (AvgIpc) is 2.82. The molecule has 0 radical (unpaired) electrons. The first kappa shape index (κ1) is 28.6. The molecule has 0 spiro atoms. The summed E-state index contributed by atoms with van der Waals surface area (Å²) in [4.78, 5) is 4.90. The summed E-state index contributed by atoms with van der Waals surface area (Å²) < 4.78 is 0. The molecule has 0 amide bonds. The molecule has 0 heterocycles. The number of hydrogen-bond acceptors (Lipinski definition) is 2. The Kier molecular flexibility index (Phi) is 12.6. The van der Waals surface area contributed by atoms with Gasteiger partial charge in [0.05, 0.1) is 0 Å². The van der Waals surface area contributed by atoms with Crippen molar-refractivity contribution in [1.29, 1.82) is 0 Å². The minimum absolute atomic E-state index is 0.171. The van der Waals surface area contributed by atoms with E-state index >= 15 is 0 Å². The second-order valence-electron chi connectivity index (χ2n) is 10.0. The van der Waals surface area contributed by atoms with Crippen LogP contribution in [0.5, 0.6) is 0 Å². The van der Waals surface area contributed by atoms with E-state index in [2.05, 4.69) is 64.6 Å². The molecule has 1 fully saturated rings. The monoisotopic (exact) mass is 473 g/mol. The van der Waals surface area contributed by atoms with Gasteiger partial charge in [-0.1, -0.05) is 113 Å². The fourth-order valence-electron chi connectivity index (χ4n) is 4.96. The minimum atomic E-state index is 0.171. The zero-order chi connectivity index (χ0) is 25.6. The summed E-state index contributed by atoms with van der Waals surface area (Å²) in [5.41, 5.74) is 8.07. The van der Waals surface area contributed by atoms with E-state index in [-0.39, 0.29) is 5.76 Å². The SMILES string of the molecule is C/C=C(/CCC1CCCCCCC1)N=C(C)c1ccc(C)cc1.C=C(O)c1c(C)cccc1CC. The summed E-state index contributed by atoms with van der Waals surface area (Å²) in [6.45, 7) is 14.0. The van der Waals surface area contributed by atoms with Crippen molar-refractivity contribution in [2.45, 2.75) is 98.8 Å². The Labute approximate surface area is 214 Å². The van der Waals surface area contributed by atoms with Gasteiger partial charge in [-0.2, -0.15) is 0 Å². The second kappa shape index (κ2) is 15.4. The zero-order valence-electron chi connectivity index (χ0n) is 22.9. The van der Waals surface area contributed by atoms with Gasteiger partial charge < -0.3 is 5.11 Å². The molecule has 0 atom stereocenters. The van der Waals surface area contributed by atoms with Gasteiger partial charge in [0.1, 0.15) is 5.76 Å². The smallest absolute Gasteiger partial charge is 0.116 e. The van der Waals surface area contributed by atoms with Crippen molar-refractivity contribution in [3.05, 3.63) is 88.6 Å². The van der Waals surface area contributed by atoms with Gasteiger partial charge in [-0.3, -0.25) is 4.99 Å². The summed E-state index contributed by atoms with van der Waals surface area (Å²) in [6, 6.07) is 14.7. The highest BCUT2D eigenvalue weighted by Crippen LogP contribution is 2.27. The van der Waals surface area contributed by atoms with Crippen LogP contribution in [0.3, 0.4) is 0 Å². The molecule has 190 valence electrons. The topological polar surface area (TPSA) is 32.6 Å². The predicted molar refractivity (Wildman–Crippen MR) is 154 cm³/mol. The molecule has 2 heteroatoms. The molecule has 1 N–H and O–H groups in total. The molecule has 0 aromatic heterocycles. The third-order valence-electron chi connectivity index (χ3n) is 7.18. The summed E-state index contributed by atoms with van der Waals surface area (Å²) >= 11 is 0. The van der Waals surface area contributed by atoms with Crippen LogP contribution < -0.4 is 0 Å². The number of aliphatic hydroxyl groups excluding tert-OH is 1. The lowest BCUT2D eigenvalue weighted by Gasteiger charge is -2.19. The van der Waals surface area contributed by atoms with Crippen LogP contribution in [-0.4, -0.2) is 10.8 Å². The van der Waals surface area contributed by atoms with E-state index in [9.17, 15) is 5.11 Å². The maximum absolute atomic E-state index is 9.32. The maximum atomic E-state index is 9.32. The molecular weight excluding hydrogens is 426 g/mol. The fraction of sp³-hybridized carbons (Fsp3) is 0.485. The van der Waals surface area contributed by atoms with Crippen molar-refractivity contribution in [2.24, 2.45) is 10.9 Å². The highest BCUT2D eigenvalue weighted by atomic mass is 16.3. The van der Waals surface area contributed by atoms with Crippen LogP contribution in [0.25, 0.3) is 5.76 Å². The minimum Gasteiger partial charge on any atom is -0.508 e. The van der Waals surface area contributed by atoms with E-state index in [1.165, 1.54) is 68.2 Å². The molecule has 2 aromatic carbocycles. The van der Waals surface area contributed by atoms with Gasteiger partial charge in [-0.05, 0) is 69.6 Å². The average molecular weight is 474 g/mol. The van der Waals surface area contributed by atoms with Gasteiger partial charge in [0.15, 0.2) is 0 Å². The summed E-state index contributed by atoms with van der Waals surface area (Å²) in [5.74, 6) is 1.09. The summed E-state index contributed by atoms with van der Waals surface area (Å²) in [6.07, 6.45) is 15.6. The molecule has 0 saturated heterocycles. The lowest BCUT2D eigenvalue weighted by Crippen LogP contribution is -2.04. The molecule has 0 bridgehead atoms. The van der Waals surface area contributed by atoms with Crippen molar-refractivity contribution < 1.29 is 5.11 Å². The van der Waals surface area contributed by atoms with E-state index < -0.39 is 0 Å².